The summed E-state index contributed by atoms with van der Waals surface area (Å²) in [6.45, 7) is 1.89. The van der Waals surface area contributed by atoms with E-state index < -0.39 is 0 Å². The van der Waals surface area contributed by atoms with E-state index in [9.17, 15) is 5.11 Å². The highest BCUT2D eigenvalue weighted by Gasteiger charge is 2.03. The minimum atomic E-state index is -0.118. The number of aliphatic hydroxyl groups excluding tert-OH is 1. The van der Waals surface area contributed by atoms with Gasteiger partial charge in [0, 0.05) is 5.75 Å². The average Bonchev–Trinajstić information content (AvgIpc) is 3.01. The highest BCUT2D eigenvalue weighted by molar-refractivity contribution is 8.01. The summed E-state index contributed by atoms with van der Waals surface area (Å²) in [5.74, 6) is 1.20. The van der Waals surface area contributed by atoms with Gasteiger partial charge in [0.05, 0.1) is 16.3 Å². The van der Waals surface area contributed by atoms with Gasteiger partial charge in [0.15, 0.2) is 4.34 Å². The highest BCUT2D eigenvalue weighted by Crippen LogP contribution is 2.29. The Balaban J connectivity index is 1.37. The Morgan fingerprint density at radius 1 is 0.920 bits per heavy atom. The maximum Gasteiger partial charge on any atom is 0.151 e. The molecule has 1 unspecified atom stereocenters. The predicted octanol–water partition coefficient (Wildman–Crippen LogP) is 7.06. The van der Waals surface area contributed by atoms with E-state index in [-0.39, 0.29) is 6.10 Å². The Hall–Kier alpha value is -0.580. The molecular weight excluding hydrogens is 346 g/mol. The minimum absolute atomic E-state index is 0.118. The SMILES string of the molecule is CC(O)CCCCCCCCCCCCSc1nc2ccccc2s1. The standard InChI is InChI=1S/C21H33NOS2/c1-18(23)14-10-8-6-4-2-3-5-7-9-13-17-24-21-22-19-15-11-12-16-20(19)25-21/h11-12,15-16,18,23H,2-10,13-14,17H2,1H3. The van der Waals surface area contributed by atoms with Crippen LogP contribution in [0.3, 0.4) is 0 Å². The number of aromatic nitrogens is 1. The third-order valence-electron chi connectivity index (χ3n) is 4.52. The Bertz CT molecular complexity index is 549. The predicted molar refractivity (Wildman–Crippen MR) is 113 cm³/mol. The van der Waals surface area contributed by atoms with Crippen molar-refractivity contribution in [3.8, 4) is 0 Å². The van der Waals surface area contributed by atoms with E-state index in [1.165, 1.54) is 79.0 Å². The van der Waals surface area contributed by atoms with E-state index in [4.69, 9.17) is 0 Å². The molecule has 0 bridgehead atoms. The summed E-state index contributed by atoms with van der Waals surface area (Å²) in [4.78, 5) is 4.68. The van der Waals surface area contributed by atoms with Gasteiger partial charge in [-0.05, 0) is 31.9 Å². The molecule has 0 aliphatic heterocycles. The molecule has 0 aliphatic rings. The number of thiazole rings is 1. The lowest BCUT2D eigenvalue weighted by molar-refractivity contribution is 0.180. The van der Waals surface area contributed by atoms with Crippen molar-refractivity contribution in [2.45, 2.75) is 88.0 Å². The van der Waals surface area contributed by atoms with Crippen LogP contribution in [0.4, 0.5) is 0 Å². The van der Waals surface area contributed by atoms with Crippen LogP contribution in [-0.4, -0.2) is 21.9 Å². The van der Waals surface area contributed by atoms with Gasteiger partial charge in [0.1, 0.15) is 0 Å². The van der Waals surface area contributed by atoms with Crippen molar-refractivity contribution in [3.63, 3.8) is 0 Å². The molecule has 4 heteroatoms. The summed E-state index contributed by atoms with van der Waals surface area (Å²) in [5, 5.41) is 9.21. The molecule has 25 heavy (non-hydrogen) atoms. The largest absolute Gasteiger partial charge is 0.393 e. The maximum atomic E-state index is 9.21. The molecule has 0 saturated heterocycles. The van der Waals surface area contributed by atoms with E-state index in [1.54, 1.807) is 0 Å². The quantitative estimate of drug-likeness (QED) is 0.282. The molecular formula is C21H33NOS2. The zero-order valence-corrected chi connectivity index (χ0v) is 17.2. The van der Waals surface area contributed by atoms with Crippen molar-refractivity contribution in [3.05, 3.63) is 24.3 Å². The molecule has 2 aromatic rings. The average molecular weight is 380 g/mol. The fraction of sp³-hybridized carbons (Fsp3) is 0.667. The Morgan fingerprint density at radius 3 is 2.16 bits per heavy atom. The summed E-state index contributed by atoms with van der Waals surface area (Å²) in [6, 6.07) is 8.41. The number of nitrogens with zero attached hydrogens (tertiary/aromatic N) is 1. The van der Waals surface area contributed by atoms with Crippen molar-refractivity contribution in [2.24, 2.45) is 0 Å². The first-order chi connectivity index (χ1) is 12.3. The molecule has 0 aliphatic carbocycles. The fourth-order valence-electron chi connectivity index (χ4n) is 3.03. The zero-order chi connectivity index (χ0) is 17.7. The number of benzene rings is 1. The van der Waals surface area contributed by atoms with Gasteiger partial charge in [-0.25, -0.2) is 4.98 Å². The van der Waals surface area contributed by atoms with E-state index in [2.05, 4.69) is 29.2 Å². The molecule has 0 radical (unpaired) electrons. The molecule has 1 N–H and O–H groups in total. The van der Waals surface area contributed by atoms with Crippen LogP contribution in [0, 0.1) is 0 Å². The van der Waals surface area contributed by atoms with Gasteiger partial charge >= 0.3 is 0 Å². The van der Waals surface area contributed by atoms with Gasteiger partial charge < -0.3 is 5.11 Å². The monoisotopic (exact) mass is 379 g/mol. The highest BCUT2D eigenvalue weighted by atomic mass is 32.2. The number of aliphatic hydroxyl groups is 1. The molecule has 1 heterocycles. The lowest BCUT2D eigenvalue weighted by Gasteiger charge is -2.04. The number of hydrogen-bond donors (Lipinski definition) is 1. The second-order valence-electron chi connectivity index (χ2n) is 6.97. The van der Waals surface area contributed by atoms with Gasteiger partial charge in [0.25, 0.3) is 0 Å². The van der Waals surface area contributed by atoms with Crippen LogP contribution in [0.25, 0.3) is 10.2 Å². The van der Waals surface area contributed by atoms with Crippen LogP contribution >= 0.6 is 23.1 Å². The number of unbranched alkanes of at least 4 members (excludes halogenated alkanes) is 9. The maximum absolute atomic E-state index is 9.21. The van der Waals surface area contributed by atoms with E-state index >= 15 is 0 Å². The van der Waals surface area contributed by atoms with Crippen molar-refractivity contribution in [2.75, 3.05) is 5.75 Å². The van der Waals surface area contributed by atoms with Crippen molar-refractivity contribution >= 4 is 33.3 Å². The Kier molecular flexibility index (Phi) is 10.5. The molecule has 2 nitrogen and oxygen atoms in total. The topological polar surface area (TPSA) is 33.1 Å². The smallest absolute Gasteiger partial charge is 0.151 e. The van der Waals surface area contributed by atoms with Gasteiger partial charge in [-0.3, -0.25) is 0 Å². The number of para-hydroxylation sites is 1. The molecule has 1 atom stereocenters. The van der Waals surface area contributed by atoms with Gasteiger partial charge in [-0.1, -0.05) is 81.7 Å². The first-order valence-electron chi connectivity index (χ1n) is 9.92. The van der Waals surface area contributed by atoms with Crippen LogP contribution in [0.1, 0.15) is 77.6 Å². The zero-order valence-electron chi connectivity index (χ0n) is 15.6. The van der Waals surface area contributed by atoms with Crippen LogP contribution in [0.15, 0.2) is 28.6 Å². The third kappa shape index (κ3) is 9.07. The second-order valence-corrected chi connectivity index (χ2v) is 9.34. The Labute approximate surface area is 161 Å². The number of rotatable bonds is 14. The summed E-state index contributed by atoms with van der Waals surface area (Å²) in [5.41, 5.74) is 1.14. The van der Waals surface area contributed by atoms with E-state index in [1.807, 2.05) is 30.0 Å². The van der Waals surface area contributed by atoms with Crippen molar-refractivity contribution in [1.29, 1.82) is 0 Å². The first-order valence-corrected chi connectivity index (χ1v) is 11.7. The first kappa shape index (κ1) is 20.7. The molecule has 1 aromatic carbocycles. The lowest BCUT2D eigenvalue weighted by atomic mass is 10.1. The summed E-state index contributed by atoms with van der Waals surface area (Å²) in [7, 11) is 0. The summed E-state index contributed by atoms with van der Waals surface area (Å²) < 4.78 is 2.52. The van der Waals surface area contributed by atoms with Crippen LogP contribution in [-0.2, 0) is 0 Å². The van der Waals surface area contributed by atoms with E-state index in [0.717, 1.165) is 11.9 Å². The Morgan fingerprint density at radius 2 is 1.52 bits per heavy atom. The molecule has 0 fully saturated rings. The van der Waals surface area contributed by atoms with Crippen molar-refractivity contribution in [1.82, 2.24) is 4.98 Å². The molecule has 1 aromatic heterocycles. The second kappa shape index (κ2) is 12.7. The molecule has 140 valence electrons. The van der Waals surface area contributed by atoms with Gasteiger partial charge in [0.2, 0.25) is 0 Å². The third-order valence-corrected chi connectivity index (χ3v) is 6.78. The lowest BCUT2D eigenvalue weighted by Crippen LogP contribution is -1.98. The molecule has 0 amide bonds. The van der Waals surface area contributed by atoms with Crippen LogP contribution < -0.4 is 0 Å². The summed E-state index contributed by atoms with van der Waals surface area (Å²) >= 11 is 3.74. The van der Waals surface area contributed by atoms with Gasteiger partial charge in [-0.2, -0.15) is 0 Å². The number of thioether (sulfide) groups is 1. The number of hydrogen-bond acceptors (Lipinski definition) is 4. The van der Waals surface area contributed by atoms with E-state index in [0.29, 0.717) is 0 Å². The normalized spacial score (nSPS) is 12.7. The number of fused-ring (bicyclic) bond motifs is 1. The van der Waals surface area contributed by atoms with Crippen LogP contribution in [0.2, 0.25) is 0 Å². The molecule has 2 rings (SSSR count). The summed E-state index contributed by atoms with van der Waals surface area (Å²) in [6.07, 6.45) is 14.2. The molecule has 0 saturated carbocycles. The fourth-order valence-corrected chi connectivity index (χ4v) is 5.17. The van der Waals surface area contributed by atoms with Gasteiger partial charge in [-0.15, -0.1) is 11.3 Å². The van der Waals surface area contributed by atoms with Crippen molar-refractivity contribution < 1.29 is 5.11 Å². The van der Waals surface area contributed by atoms with Crippen LogP contribution in [0.5, 0.6) is 0 Å². The minimum Gasteiger partial charge on any atom is -0.393 e. The molecule has 0 spiro atoms.